The Morgan fingerprint density at radius 3 is 2.95 bits per heavy atom. The van der Waals surface area contributed by atoms with Crippen molar-refractivity contribution in [3.8, 4) is 11.5 Å². The van der Waals surface area contributed by atoms with Crippen LogP contribution in [0.5, 0.6) is 11.5 Å². The predicted octanol–water partition coefficient (Wildman–Crippen LogP) is 3.86. The number of halogens is 1. The normalized spacial score (nSPS) is 13.6. The highest BCUT2D eigenvalue weighted by molar-refractivity contribution is 9.10. The number of rotatable bonds is 3. The number of methoxy groups -OCH3 is 1. The Morgan fingerprint density at radius 2 is 2.10 bits per heavy atom. The van der Waals surface area contributed by atoms with Crippen molar-refractivity contribution in [3.05, 3.63) is 52.5 Å². The molecular weight excluding hydrogens is 318 g/mol. The van der Waals surface area contributed by atoms with Crippen LogP contribution in [0.3, 0.4) is 0 Å². The van der Waals surface area contributed by atoms with E-state index in [1.165, 1.54) is 5.56 Å². The molecule has 0 N–H and O–H groups in total. The van der Waals surface area contributed by atoms with Crippen molar-refractivity contribution in [1.82, 2.24) is 0 Å². The van der Waals surface area contributed by atoms with Crippen molar-refractivity contribution in [2.75, 3.05) is 25.2 Å². The lowest BCUT2D eigenvalue weighted by Crippen LogP contribution is -2.32. The molecule has 1 aliphatic heterocycles. The van der Waals surface area contributed by atoms with Crippen LogP contribution in [0.15, 0.2) is 46.9 Å². The van der Waals surface area contributed by atoms with E-state index in [1.54, 1.807) is 7.11 Å². The maximum Gasteiger partial charge on any atom is 0.143 e. The van der Waals surface area contributed by atoms with Crippen molar-refractivity contribution < 1.29 is 9.47 Å². The first-order valence-corrected chi connectivity index (χ1v) is 7.36. The van der Waals surface area contributed by atoms with Gasteiger partial charge in [0, 0.05) is 16.6 Å². The smallest absolute Gasteiger partial charge is 0.143 e. The van der Waals surface area contributed by atoms with E-state index in [1.807, 2.05) is 30.3 Å². The van der Waals surface area contributed by atoms with Crippen molar-refractivity contribution in [2.24, 2.45) is 0 Å². The van der Waals surface area contributed by atoms with E-state index in [4.69, 9.17) is 9.47 Å². The minimum atomic E-state index is 0.707. The first-order chi connectivity index (χ1) is 9.78. The Hall–Kier alpha value is -1.68. The van der Waals surface area contributed by atoms with E-state index < -0.39 is 0 Å². The van der Waals surface area contributed by atoms with Gasteiger partial charge < -0.3 is 14.4 Å². The molecule has 1 aliphatic rings. The standard InChI is InChI=1S/C16H16BrNO2/c1-19-15-5-3-2-4-12(15)11-18-8-9-20-16-10-13(17)6-7-14(16)18/h2-7,10H,8-9,11H2,1H3. The summed E-state index contributed by atoms with van der Waals surface area (Å²) in [5, 5.41) is 0. The predicted molar refractivity (Wildman–Crippen MR) is 83.7 cm³/mol. The molecule has 0 unspecified atom stereocenters. The van der Waals surface area contributed by atoms with Crippen molar-refractivity contribution in [2.45, 2.75) is 6.54 Å². The van der Waals surface area contributed by atoms with Crippen molar-refractivity contribution >= 4 is 21.6 Å². The van der Waals surface area contributed by atoms with Gasteiger partial charge in [-0.2, -0.15) is 0 Å². The van der Waals surface area contributed by atoms with E-state index in [0.29, 0.717) is 6.61 Å². The maximum absolute atomic E-state index is 5.73. The Kier molecular flexibility index (Phi) is 3.83. The van der Waals surface area contributed by atoms with Gasteiger partial charge in [-0.25, -0.2) is 0 Å². The van der Waals surface area contributed by atoms with Crippen LogP contribution < -0.4 is 14.4 Å². The lowest BCUT2D eigenvalue weighted by Gasteiger charge is -2.31. The number of benzene rings is 2. The third-order valence-electron chi connectivity index (χ3n) is 3.44. The first kappa shape index (κ1) is 13.3. The zero-order chi connectivity index (χ0) is 13.9. The molecular formula is C16H16BrNO2. The van der Waals surface area contributed by atoms with Crippen LogP contribution in [0, 0.1) is 0 Å². The van der Waals surface area contributed by atoms with Crippen LogP contribution in [0.25, 0.3) is 0 Å². The number of hydrogen-bond acceptors (Lipinski definition) is 3. The Labute approximate surface area is 127 Å². The summed E-state index contributed by atoms with van der Waals surface area (Å²) in [6.45, 7) is 2.41. The summed E-state index contributed by atoms with van der Waals surface area (Å²) in [5.74, 6) is 1.86. The molecule has 0 atom stereocenters. The Bertz CT molecular complexity index is 615. The second-order valence-corrected chi connectivity index (χ2v) is 5.61. The molecule has 0 fully saturated rings. The Balaban J connectivity index is 1.89. The fourth-order valence-electron chi connectivity index (χ4n) is 2.45. The highest BCUT2D eigenvalue weighted by Crippen LogP contribution is 2.35. The fourth-order valence-corrected chi connectivity index (χ4v) is 2.79. The molecule has 104 valence electrons. The molecule has 2 aromatic rings. The quantitative estimate of drug-likeness (QED) is 0.851. The van der Waals surface area contributed by atoms with Crippen LogP contribution in [0.4, 0.5) is 5.69 Å². The van der Waals surface area contributed by atoms with E-state index >= 15 is 0 Å². The summed E-state index contributed by atoms with van der Waals surface area (Å²) in [6, 6.07) is 14.3. The van der Waals surface area contributed by atoms with Gasteiger partial charge in [0.15, 0.2) is 0 Å². The van der Waals surface area contributed by atoms with Crippen LogP contribution >= 0.6 is 15.9 Å². The number of ether oxygens (including phenoxy) is 2. The van der Waals surface area contributed by atoms with Gasteiger partial charge in [0.25, 0.3) is 0 Å². The molecule has 1 heterocycles. The van der Waals surface area contributed by atoms with Gasteiger partial charge in [-0.05, 0) is 24.3 Å². The van der Waals surface area contributed by atoms with Gasteiger partial charge >= 0.3 is 0 Å². The number of hydrogen-bond donors (Lipinski definition) is 0. The molecule has 4 heteroatoms. The highest BCUT2D eigenvalue weighted by atomic mass is 79.9. The molecule has 0 radical (unpaired) electrons. The number of nitrogens with zero attached hydrogens (tertiary/aromatic N) is 1. The first-order valence-electron chi connectivity index (χ1n) is 6.57. The summed E-state index contributed by atoms with van der Waals surface area (Å²) in [5.41, 5.74) is 2.32. The Morgan fingerprint density at radius 1 is 1.25 bits per heavy atom. The van der Waals surface area contributed by atoms with Crippen LogP contribution in [0.1, 0.15) is 5.56 Å². The lowest BCUT2D eigenvalue weighted by atomic mass is 10.1. The van der Waals surface area contributed by atoms with Crippen LogP contribution in [0.2, 0.25) is 0 Å². The second kappa shape index (κ2) is 5.75. The third-order valence-corrected chi connectivity index (χ3v) is 3.93. The minimum absolute atomic E-state index is 0.707. The zero-order valence-electron chi connectivity index (χ0n) is 11.3. The molecule has 0 saturated carbocycles. The summed E-state index contributed by atoms with van der Waals surface area (Å²) in [6.07, 6.45) is 0. The summed E-state index contributed by atoms with van der Waals surface area (Å²) in [4.78, 5) is 2.32. The van der Waals surface area contributed by atoms with E-state index in [0.717, 1.165) is 34.7 Å². The molecule has 0 amide bonds. The van der Waals surface area contributed by atoms with Gasteiger partial charge in [0.05, 0.1) is 19.3 Å². The second-order valence-electron chi connectivity index (χ2n) is 4.69. The van der Waals surface area contributed by atoms with E-state index in [2.05, 4.69) is 33.0 Å². The molecule has 0 bridgehead atoms. The van der Waals surface area contributed by atoms with Gasteiger partial charge in [-0.3, -0.25) is 0 Å². The van der Waals surface area contributed by atoms with Gasteiger partial charge in [0.1, 0.15) is 18.1 Å². The largest absolute Gasteiger partial charge is 0.496 e. The lowest BCUT2D eigenvalue weighted by molar-refractivity contribution is 0.306. The van der Waals surface area contributed by atoms with Crippen molar-refractivity contribution in [1.29, 1.82) is 0 Å². The fraction of sp³-hybridized carbons (Fsp3) is 0.250. The molecule has 20 heavy (non-hydrogen) atoms. The molecule has 2 aromatic carbocycles. The minimum Gasteiger partial charge on any atom is -0.496 e. The molecule has 3 rings (SSSR count). The summed E-state index contributed by atoms with van der Waals surface area (Å²) < 4.78 is 12.2. The van der Waals surface area contributed by atoms with Gasteiger partial charge in [0.2, 0.25) is 0 Å². The average Bonchev–Trinajstić information content (AvgIpc) is 2.47. The SMILES string of the molecule is COc1ccccc1CN1CCOc2cc(Br)ccc21. The summed E-state index contributed by atoms with van der Waals surface area (Å²) >= 11 is 3.48. The monoisotopic (exact) mass is 333 g/mol. The molecule has 3 nitrogen and oxygen atoms in total. The third kappa shape index (κ3) is 2.61. The van der Waals surface area contributed by atoms with Crippen molar-refractivity contribution in [3.63, 3.8) is 0 Å². The number of para-hydroxylation sites is 1. The van der Waals surface area contributed by atoms with Crippen LogP contribution in [-0.4, -0.2) is 20.3 Å². The zero-order valence-corrected chi connectivity index (χ0v) is 12.9. The number of fused-ring (bicyclic) bond motifs is 1. The molecule has 0 aliphatic carbocycles. The number of anilines is 1. The van der Waals surface area contributed by atoms with E-state index in [-0.39, 0.29) is 0 Å². The van der Waals surface area contributed by atoms with Crippen LogP contribution in [-0.2, 0) is 6.54 Å². The molecule has 0 aromatic heterocycles. The summed E-state index contributed by atoms with van der Waals surface area (Å²) in [7, 11) is 1.71. The maximum atomic E-state index is 5.73. The molecule has 0 saturated heterocycles. The average molecular weight is 334 g/mol. The van der Waals surface area contributed by atoms with E-state index in [9.17, 15) is 0 Å². The topological polar surface area (TPSA) is 21.7 Å². The molecule has 0 spiro atoms. The van der Waals surface area contributed by atoms with Gasteiger partial charge in [-0.15, -0.1) is 0 Å². The van der Waals surface area contributed by atoms with Gasteiger partial charge in [-0.1, -0.05) is 34.1 Å². The highest BCUT2D eigenvalue weighted by Gasteiger charge is 2.19.